The molecule has 31 heavy (non-hydrogen) atoms. The van der Waals surface area contributed by atoms with Crippen molar-refractivity contribution in [3.05, 3.63) is 0 Å². The Kier molecular flexibility index (Phi) is 22.0. The molecule has 0 unspecified atom stereocenters. The van der Waals surface area contributed by atoms with E-state index in [2.05, 4.69) is 27.7 Å². The van der Waals surface area contributed by atoms with E-state index >= 15 is 0 Å². The molecule has 0 aromatic carbocycles. The first kappa shape index (κ1) is 31.1. The zero-order valence-electron chi connectivity index (χ0n) is 21.4. The predicted molar refractivity (Wildman–Crippen MR) is 135 cm³/mol. The first-order chi connectivity index (χ1) is 14.8. The maximum atomic E-state index is 11.9. The van der Waals surface area contributed by atoms with Gasteiger partial charge in [-0.1, -0.05) is 130 Å². The van der Waals surface area contributed by atoms with Crippen LogP contribution in [0.3, 0.4) is 0 Å². The van der Waals surface area contributed by atoms with E-state index in [-0.39, 0.29) is 0 Å². The lowest BCUT2D eigenvalue weighted by atomic mass is 10.0. The molecule has 0 rings (SSSR count). The van der Waals surface area contributed by atoms with Gasteiger partial charge in [0.15, 0.2) is 0 Å². The van der Waals surface area contributed by atoms with Crippen LogP contribution in [0.5, 0.6) is 0 Å². The highest BCUT2D eigenvalue weighted by Crippen LogP contribution is 2.43. The summed E-state index contributed by atoms with van der Waals surface area (Å²) in [5.41, 5.74) is 0. The van der Waals surface area contributed by atoms with Gasteiger partial charge in [-0.25, -0.2) is 4.57 Å². The van der Waals surface area contributed by atoms with Gasteiger partial charge in [0, 0.05) is 0 Å². The first-order valence-corrected chi connectivity index (χ1v) is 14.9. The third kappa shape index (κ3) is 26.2. The second-order valence-electron chi connectivity index (χ2n) is 10.2. The van der Waals surface area contributed by atoms with Gasteiger partial charge in [-0.15, -0.1) is 0 Å². The predicted octanol–water partition coefficient (Wildman–Crippen LogP) is 9.45. The summed E-state index contributed by atoms with van der Waals surface area (Å²) in [4.78, 5) is 9.75. The summed E-state index contributed by atoms with van der Waals surface area (Å²) in [6.45, 7) is 9.79. The van der Waals surface area contributed by atoms with Crippen LogP contribution in [-0.2, 0) is 13.6 Å². The molecule has 0 fully saturated rings. The zero-order valence-corrected chi connectivity index (χ0v) is 22.3. The second-order valence-corrected chi connectivity index (χ2v) is 11.6. The molecular weight excluding hydrogens is 407 g/mol. The Morgan fingerprint density at radius 2 is 0.774 bits per heavy atom. The molecule has 5 heteroatoms. The van der Waals surface area contributed by atoms with Crippen molar-refractivity contribution in [2.75, 3.05) is 13.2 Å². The topological polar surface area (TPSA) is 55.8 Å². The lowest BCUT2D eigenvalue weighted by molar-refractivity contribution is 0.145. The van der Waals surface area contributed by atoms with Gasteiger partial charge in [0.05, 0.1) is 13.2 Å². The van der Waals surface area contributed by atoms with E-state index in [0.29, 0.717) is 13.2 Å². The van der Waals surface area contributed by atoms with Crippen molar-refractivity contribution in [3.8, 4) is 0 Å². The van der Waals surface area contributed by atoms with Crippen molar-refractivity contribution in [1.82, 2.24) is 0 Å². The minimum atomic E-state index is -3.86. The van der Waals surface area contributed by atoms with Crippen molar-refractivity contribution >= 4 is 7.82 Å². The SMILES string of the molecule is CC(C)CCCCCCCCCCOP(=O)(O)OCCCCCCCCCCC(C)C. The summed E-state index contributed by atoms with van der Waals surface area (Å²) in [6, 6.07) is 0. The Morgan fingerprint density at radius 3 is 1.06 bits per heavy atom. The molecule has 0 aliphatic heterocycles. The highest BCUT2D eigenvalue weighted by atomic mass is 31.2. The summed E-state index contributed by atoms with van der Waals surface area (Å²) in [5.74, 6) is 1.65. The van der Waals surface area contributed by atoms with E-state index in [1.54, 1.807) is 0 Å². The lowest BCUT2D eigenvalue weighted by Crippen LogP contribution is -1.99. The maximum absolute atomic E-state index is 11.9. The van der Waals surface area contributed by atoms with Crippen LogP contribution in [0.4, 0.5) is 0 Å². The van der Waals surface area contributed by atoms with Crippen molar-refractivity contribution in [3.63, 3.8) is 0 Å². The van der Waals surface area contributed by atoms with E-state index in [1.165, 1.54) is 89.9 Å². The van der Waals surface area contributed by atoms with Crippen LogP contribution in [-0.4, -0.2) is 18.1 Å². The molecule has 0 aliphatic carbocycles. The van der Waals surface area contributed by atoms with Gasteiger partial charge < -0.3 is 4.89 Å². The normalized spacial score (nSPS) is 12.4. The summed E-state index contributed by atoms with van der Waals surface area (Å²) in [6.07, 6.45) is 22.0. The molecule has 0 radical (unpaired) electrons. The average Bonchev–Trinajstić information content (AvgIpc) is 2.69. The number of unbranched alkanes of at least 4 members (excludes halogenated alkanes) is 14. The van der Waals surface area contributed by atoms with Gasteiger partial charge in [-0.2, -0.15) is 0 Å². The Labute approximate surface area is 194 Å². The van der Waals surface area contributed by atoms with Crippen molar-refractivity contribution in [2.45, 2.75) is 143 Å². The van der Waals surface area contributed by atoms with Gasteiger partial charge in [0.25, 0.3) is 0 Å². The van der Waals surface area contributed by atoms with Crippen LogP contribution in [0.2, 0.25) is 0 Å². The standard InChI is InChI=1S/C26H55O4P/c1-25(2)21-17-13-9-5-7-11-15-19-23-29-31(27,28)30-24-20-16-12-8-6-10-14-18-22-26(3)4/h25-26H,5-24H2,1-4H3,(H,27,28). The number of hydrogen-bond donors (Lipinski definition) is 1. The fourth-order valence-corrected chi connectivity index (χ4v) is 4.62. The molecule has 0 saturated carbocycles. The van der Waals surface area contributed by atoms with E-state index in [1.807, 2.05) is 0 Å². The number of hydrogen-bond acceptors (Lipinski definition) is 3. The Balaban J connectivity index is 3.34. The molecule has 0 amide bonds. The quantitative estimate of drug-likeness (QED) is 0.115. The van der Waals surface area contributed by atoms with Gasteiger partial charge in [-0.05, 0) is 24.7 Å². The minimum absolute atomic E-state index is 0.318. The summed E-state index contributed by atoms with van der Waals surface area (Å²) < 4.78 is 22.1. The second kappa shape index (κ2) is 21.9. The van der Waals surface area contributed by atoms with Gasteiger partial charge in [0.1, 0.15) is 0 Å². The van der Waals surface area contributed by atoms with E-state index in [4.69, 9.17) is 9.05 Å². The van der Waals surface area contributed by atoms with Crippen LogP contribution >= 0.6 is 7.82 Å². The minimum Gasteiger partial charge on any atom is -0.302 e. The molecule has 0 aromatic rings. The third-order valence-corrected chi connectivity index (χ3v) is 6.88. The summed E-state index contributed by atoms with van der Waals surface area (Å²) in [5, 5.41) is 0. The molecule has 0 heterocycles. The molecule has 0 aromatic heterocycles. The molecular formula is C26H55O4P. The molecule has 0 bridgehead atoms. The molecule has 4 nitrogen and oxygen atoms in total. The van der Waals surface area contributed by atoms with Gasteiger partial charge in [0.2, 0.25) is 0 Å². The maximum Gasteiger partial charge on any atom is 0.472 e. The van der Waals surface area contributed by atoms with E-state index < -0.39 is 7.82 Å². The molecule has 0 spiro atoms. The number of rotatable bonds is 24. The lowest BCUT2D eigenvalue weighted by Gasteiger charge is -2.12. The molecule has 188 valence electrons. The molecule has 0 saturated heterocycles. The largest absolute Gasteiger partial charge is 0.472 e. The van der Waals surface area contributed by atoms with Gasteiger partial charge in [-0.3, -0.25) is 9.05 Å². The monoisotopic (exact) mass is 462 g/mol. The smallest absolute Gasteiger partial charge is 0.302 e. The van der Waals surface area contributed by atoms with Crippen molar-refractivity contribution in [2.24, 2.45) is 11.8 Å². The van der Waals surface area contributed by atoms with Crippen LogP contribution < -0.4 is 0 Å². The van der Waals surface area contributed by atoms with E-state index in [0.717, 1.165) is 37.5 Å². The summed E-state index contributed by atoms with van der Waals surface area (Å²) >= 11 is 0. The van der Waals surface area contributed by atoms with Crippen LogP contribution in [0.15, 0.2) is 0 Å². The van der Waals surface area contributed by atoms with Crippen LogP contribution in [0.1, 0.15) is 143 Å². The molecule has 0 aliphatic rings. The molecule has 1 N–H and O–H groups in total. The zero-order chi connectivity index (χ0) is 23.2. The summed E-state index contributed by atoms with van der Waals surface area (Å²) in [7, 11) is -3.86. The van der Waals surface area contributed by atoms with Crippen molar-refractivity contribution < 1.29 is 18.5 Å². The Morgan fingerprint density at radius 1 is 0.516 bits per heavy atom. The third-order valence-electron chi connectivity index (χ3n) is 5.86. The highest BCUT2D eigenvalue weighted by molar-refractivity contribution is 7.47. The van der Waals surface area contributed by atoms with E-state index in [9.17, 15) is 9.46 Å². The average molecular weight is 463 g/mol. The van der Waals surface area contributed by atoms with Crippen molar-refractivity contribution in [1.29, 1.82) is 0 Å². The Hall–Kier alpha value is 0.110. The first-order valence-electron chi connectivity index (χ1n) is 13.5. The van der Waals surface area contributed by atoms with Gasteiger partial charge >= 0.3 is 7.82 Å². The Bertz CT molecular complexity index is 378. The van der Waals surface area contributed by atoms with Crippen LogP contribution in [0.25, 0.3) is 0 Å². The van der Waals surface area contributed by atoms with Crippen LogP contribution in [0, 0.1) is 11.8 Å². The highest BCUT2D eigenvalue weighted by Gasteiger charge is 2.19. The fourth-order valence-electron chi connectivity index (χ4n) is 3.83. The molecule has 0 atom stereocenters. The fraction of sp³-hybridized carbons (Fsp3) is 1.00. The number of phosphoric ester groups is 1. The number of phosphoric acid groups is 1.